The molecule has 6 rings (SSSR count). The smallest absolute Gasteiger partial charge is 0.339 e. The number of hydrogen-bond donors (Lipinski definition) is 0. The summed E-state index contributed by atoms with van der Waals surface area (Å²) in [6.07, 6.45) is 3.10. The van der Waals surface area contributed by atoms with Gasteiger partial charge in [0.25, 0.3) is 5.91 Å². The number of aryl methyl sites for hydroxylation is 1. The first kappa shape index (κ1) is 24.9. The standard InChI is InChI=1S/C29H23BrClIN2O3/c1-17-10-18(12-21(32)11-17)15-34-16-24(22-4-3-20(31)14-26(22)34)27(35)33-8-6-29(7-9-33)25-5-2-19(30)13-23(25)28(36)37-29/h2-5,10-14,16H,6-9,15H2,1H3. The van der Waals surface area contributed by atoms with E-state index in [0.717, 1.165) is 20.9 Å². The molecule has 3 aromatic carbocycles. The van der Waals surface area contributed by atoms with Crippen molar-refractivity contribution in [1.29, 1.82) is 0 Å². The number of fused-ring (bicyclic) bond motifs is 3. The molecule has 2 aliphatic rings. The number of halogens is 3. The lowest BCUT2D eigenvalue weighted by Gasteiger charge is -2.38. The molecule has 0 saturated carbocycles. The van der Waals surface area contributed by atoms with Crippen molar-refractivity contribution < 1.29 is 14.3 Å². The second-order valence-electron chi connectivity index (χ2n) is 9.83. The molecule has 1 saturated heterocycles. The summed E-state index contributed by atoms with van der Waals surface area (Å²) in [7, 11) is 0. The van der Waals surface area contributed by atoms with Crippen LogP contribution in [0.2, 0.25) is 5.02 Å². The van der Waals surface area contributed by atoms with Crippen LogP contribution in [0.5, 0.6) is 0 Å². The van der Waals surface area contributed by atoms with Gasteiger partial charge in [-0.05, 0) is 77.0 Å². The second kappa shape index (κ2) is 9.43. The maximum absolute atomic E-state index is 13.8. The number of piperidine rings is 1. The van der Waals surface area contributed by atoms with Crippen molar-refractivity contribution in [3.8, 4) is 0 Å². The van der Waals surface area contributed by atoms with Crippen molar-refractivity contribution >= 4 is 72.9 Å². The molecule has 2 aliphatic heterocycles. The van der Waals surface area contributed by atoms with E-state index < -0.39 is 5.60 Å². The van der Waals surface area contributed by atoms with Crippen LogP contribution in [0.4, 0.5) is 0 Å². The van der Waals surface area contributed by atoms with Gasteiger partial charge in [-0.3, -0.25) is 4.79 Å². The van der Waals surface area contributed by atoms with E-state index >= 15 is 0 Å². The van der Waals surface area contributed by atoms with E-state index in [0.29, 0.717) is 48.6 Å². The molecule has 0 radical (unpaired) electrons. The number of ether oxygens (including phenoxy) is 1. The molecule has 1 fully saturated rings. The van der Waals surface area contributed by atoms with Crippen LogP contribution in [0.25, 0.3) is 10.9 Å². The third-order valence-electron chi connectivity index (χ3n) is 7.37. The van der Waals surface area contributed by atoms with Crippen molar-refractivity contribution in [2.75, 3.05) is 13.1 Å². The molecule has 5 nitrogen and oxygen atoms in total. The van der Waals surface area contributed by atoms with Gasteiger partial charge in [0.05, 0.1) is 16.6 Å². The molecule has 37 heavy (non-hydrogen) atoms. The van der Waals surface area contributed by atoms with E-state index in [4.69, 9.17) is 16.3 Å². The summed E-state index contributed by atoms with van der Waals surface area (Å²) < 4.78 is 10.0. The van der Waals surface area contributed by atoms with Gasteiger partial charge >= 0.3 is 5.97 Å². The molecule has 0 N–H and O–H groups in total. The van der Waals surface area contributed by atoms with Crippen molar-refractivity contribution in [2.45, 2.75) is 31.9 Å². The summed E-state index contributed by atoms with van der Waals surface area (Å²) in [6, 6.07) is 17.9. The zero-order chi connectivity index (χ0) is 25.9. The fourth-order valence-corrected chi connectivity index (χ4v) is 7.07. The van der Waals surface area contributed by atoms with Gasteiger partial charge in [-0.15, -0.1) is 0 Å². The number of nitrogens with zero attached hydrogens (tertiary/aromatic N) is 2. The summed E-state index contributed by atoms with van der Waals surface area (Å²) >= 11 is 12.1. The molecule has 1 aromatic heterocycles. The summed E-state index contributed by atoms with van der Waals surface area (Å²) in [5.74, 6) is -0.304. The molecule has 1 spiro atoms. The SMILES string of the molecule is Cc1cc(I)cc(Cn2cc(C(=O)N3CCC4(CC3)OC(=O)c3cc(Br)ccc34)c3ccc(Cl)cc32)c1. The van der Waals surface area contributed by atoms with Crippen LogP contribution in [0, 0.1) is 10.5 Å². The Bertz CT molecular complexity index is 1570. The van der Waals surface area contributed by atoms with Crippen LogP contribution >= 0.6 is 50.1 Å². The molecule has 188 valence electrons. The molecule has 1 amide bonds. The Labute approximate surface area is 242 Å². The van der Waals surface area contributed by atoms with Gasteiger partial charge in [0.2, 0.25) is 0 Å². The highest BCUT2D eigenvalue weighted by molar-refractivity contribution is 14.1. The quantitative estimate of drug-likeness (QED) is 0.167. The summed E-state index contributed by atoms with van der Waals surface area (Å²) in [5, 5.41) is 1.53. The Morgan fingerprint density at radius 1 is 1.11 bits per heavy atom. The fraction of sp³-hybridized carbons (Fsp3) is 0.241. The Morgan fingerprint density at radius 3 is 2.65 bits per heavy atom. The van der Waals surface area contributed by atoms with Crippen LogP contribution < -0.4 is 0 Å². The number of esters is 1. The van der Waals surface area contributed by atoms with Gasteiger partial charge in [-0.25, -0.2) is 4.79 Å². The Kier molecular flexibility index (Phi) is 6.36. The third kappa shape index (κ3) is 4.49. The van der Waals surface area contributed by atoms with E-state index in [9.17, 15) is 9.59 Å². The highest BCUT2D eigenvalue weighted by atomic mass is 127. The summed E-state index contributed by atoms with van der Waals surface area (Å²) in [6.45, 7) is 3.76. The number of carbonyl (C=O) groups is 2. The van der Waals surface area contributed by atoms with E-state index in [-0.39, 0.29) is 11.9 Å². The number of amides is 1. The van der Waals surface area contributed by atoms with E-state index in [2.05, 4.69) is 68.2 Å². The normalized spacial score (nSPS) is 16.3. The number of aromatic nitrogens is 1. The lowest BCUT2D eigenvalue weighted by atomic mass is 9.83. The lowest BCUT2D eigenvalue weighted by molar-refractivity contribution is -0.0389. The Balaban J connectivity index is 1.29. The van der Waals surface area contributed by atoms with Crippen LogP contribution in [0.1, 0.15) is 50.2 Å². The van der Waals surface area contributed by atoms with Crippen molar-refractivity contribution in [3.05, 3.63) is 102 Å². The highest BCUT2D eigenvalue weighted by Gasteiger charge is 2.48. The first-order valence-electron chi connectivity index (χ1n) is 12.1. The van der Waals surface area contributed by atoms with Crippen molar-refractivity contribution in [2.24, 2.45) is 0 Å². The Hall–Kier alpha value is -2.36. The maximum Gasteiger partial charge on any atom is 0.339 e. The molecular weight excluding hydrogens is 667 g/mol. The molecule has 8 heteroatoms. The summed E-state index contributed by atoms with van der Waals surface area (Å²) in [5.41, 5.74) is 4.85. The first-order chi connectivity index (χ1) is 17.7. The average Bonchev–Trinajstić information content (AvgIpc) is 3.33. The minimum Gasteiger partial charge on any atom is -0.450 e. The van der Waals surface area contributed by atoms with Gasteiger partial charge in [0.1, 0.15) is 5.60 Å². The Morgan fingerprint density at radius 2 is 1.89 bits per heavy atom. The fourth-order valence-electron chi connectivity index (χ4n) is 5.65. The lowest BCUT2D eigenvalue weighted by Crippen LogP contribution is -2.45. The molecule has 4 aromatic rings. The number of likely N-dealkylation sites (tertiary alicyclic amines) is 1. The zero-order valence-electron chi connectivity index (χ0n) is 20.1. The molecule has 3 heterocycles. The van der Waals surface area contributed by atoms with E-state index in [1.165, 1.54) is 14.7 Å². The van der Waals surface area contributed by atoms with Gasteiger partial charge in [0, 0.05) is 62.7 Å². The summed E-state index contributed by atoms with van der Waals surface area (Å²) in [4.78, 5) is 28.2. The zero-order valence-corrected chi connectivity index (χ0v) is 24.6. The monoisotopic (exact) mass is 688 g/mol. The predicted molar refractivity (Wildman–Crippen MR) is 156 cm³/mol. The van der Waals surface area contributed by atoms with Crippen LogP contribution in [-0.4, -0.2) is 34.4 Å². The number of benzene rings is 3. The predicted octanol–water partition coefficient (Wildman–Crippen LogP) is 7.32. The topological polar surface area (TPSA) is 51.5 Å². The molecule has 0 unspecified atom stereocenters. The number of rotatable bonds is 3. The number of carbonyl (C=O) groups excluding carboxylic acids is 2. The van der Waals surface area contributed by atoms with E-state index in [1.807, 2.05) is 47.5 Å². The minimum absolute atomic E-state index is 0.0138. The van der Waals surface area contributed by atoms with Crippen LogP contribution in [-0.2, 0) is 16.9 Å². The molecular formula is C29H23BrClIN2O3. The van der Waals surface area contributed by atoms with Crippen LogP contribution in [0.15, 0.2) is 65.3 Å². The number of hydrogen-bond acceptors (Lipinski definition) is 3. The largest absolute Gasteiger partial charge is 0.450 e. The van der Waals surface area contributed by atoms with Gasteiger partial charge in [-0.1, -0.05) is 45.7 Å². The average molecular weight is 690 g/mol. The highest BCUT2D eigenvalue weighted by Crippen LogP contribution is 2.45. The van der Waals surface area contributed by atoms with Gasteiger partial charge in [0.15, 0.2) is 0 Å². The molecule has 0 bridgehead atoms. The third-order valence-corrected chi connectivity index (χ3v) is 8.72. The van der Waals surface area contributed by atoms with Crippen LogP contribution in [0.3, 0.4) is 0 Å². The van der Waals surface area contributed by atoms with Gasteiger partial charge in [-0.2, -0.15) is 0 Å². The van der Waals surface area contributed by atoms with E-state index in [1.54, 1.807) is 0 Å². The maximum atomic E-state index is 13.8. The first-order valence-corrected chi connectivity index (χ1v) is 14.3. The molecule has 0 aliphatic carbocycles. The minimum atomic E-state index is -0.659. The van der Waals surface area contributed by atoms with Crippen molar-refractivity contribution in [3.63, 3.8) is 0 Å². The van der Waals surface area contributed by atoms with Crippen molar-refractivity contribution in [1.82, 2.24) is 9.47 Å². The van der Waals surface area contributed by atoms with Gasteiger partial charge < -0.3 is 14.2 Å². The second-order valence-corrected chi connectivity index (χ2v) is 12.4. The molecule has 0 atom stereocenters.